The van der Waals surface area contributed by atoms with Gasteiger partial charge >= 0.3 is 0 Å². The van der Waals surface area contributed by atoms with E-state index in [4.69, 9.17) is 16.0 Å². The second-order valence-electron chi connectivity index (χ2n) is 5.58. The molecule has 0 atom stereocenters. The number of furan rings is 1. The monoisotopic (exact) mass is 347 g/mol. The number of hydrogen-bond donors (Lipinski definition) is 0. The Labute approximate surface area is 144 Å². The third kappa shape index (κ3) is 3.46. The van der Waals surface area contributed by atoms with Crippen LogP contribution in [0.25, 0.3) is 11.4 Å². The minimum atomic E-state index is 0.266. The zero-order chi connectivity index (χ0) is 16.4. The van der Waals surface area contributed by atoms with Crippen molar-refractivity contribution in [1.29, 1.82) is 0 Å². The summed E-state index contributed by atoms with van der Waals surface area (Å²) in [6.07, 6.45) is 1.69. The topological polar surface area (TPSA) is 43.9 Å². The van der Waals surface area contributed by atoms with Crippen LogP contribution in [0.1, 0.15) is 31.2 Å². The van der Waals surface area contributed by atoms with Crippen molar-refractivity contribution in [2.75, 3.05) is 0 Å². The predicted molar refractivity (Wildman–Crippen MR) is 93.9 cm³/mol. The van der Waals surface area contributed by atoms with Gasteiger partial charge in [-0.05, 0) is 44.5 Å². The molecule has 0 unspecified atom stereocenters. The first kappa shape index (κ1) is 16.1. The van der Waals surface area contributed by atoms with Crippen molar-refractivity contribution in [3.63, 3.8) is 0 Å². The van der Waals surface area contributed by atoms with E-state index in [1.54, 1.807) is 18.0 Å². The van der Waals surface area contributed by atoms with E-state index in [1.807, 2.05) is 37.3 Å². The van der Waals surface area contributed by atoms with E-state index in [0.717, 1.165) is 33.1 Å². The van der Waals surface area contributed by atoms with Crippen molar-refractivity contribution in [2.24, 2.45) is 0 Å². The van der Waals surface area contributed by atoms with Crippen LogP contribution in [0.3, 0.4) is 0 Å². The van der Waals surface area contributed by atoms with Crippen LogP contribution in [0.15, 0.2) is 46.2 Å². The summed E-state index contributed by atoms with van der Waals surface area (Å²) in [6.45, 7) is 6.21. The lowest BCUT2D eigenvalue weighted by atomic mass is 10.2. The SMILES string of the molecule is Cc1occc1-c1nnc(SCc2ccc(Cl)cc2)n1C(C)C. The summed E-state index contributed by atoms with van der Waals surface area (Å²) in [5.41, 5.74) is 2.20. The first-order valence-corrected chi connectivity index (χ1v) is 8.79. The van der Waals surface area contributed by atoms with Crippen molar-refractivity contribution in [3.05, 3.63) is 52.9 Å². The highest BCUT2D eigenvalue weighted by molar-refractivity contribution is 7.98. The molecule has 23 heavy (non-hydrogen) atoms. The van der Waals surface area contributed by atoms with E-state index in [9.17, 15) is 0 Å². The van der Waals surface area contributed by atoms with Crippen LogP contribution in [0.2, 0.25) is 5.02 Å². The van der Waals surface area contributed by atoms with Crippen LogP contribution in [0.4, 0.5) is 0 Å². The number of aryl methyl sites for hydroxylation is 1. The number of hydrogen-bond acceptors (Lipinski definition) is 4. The second-order valence-corrected chi connectivity index (χ2v) is 6.95. The molecule has 0 spiro atoms. The smallest absolute Gasteiger partial charge is 0.192 e. The van der Waals surface area contributed by atoms with Crippen LogP contribution in [-0.4, -0.2) is 14.8 Å². The molecular formula is C17H18ClN3OS. The molecule has 0 bridgehead atoms. The molecule has 0 radical (unpaired) electrons. The molecule has 0 aliphatic rings. The summed E-state index contributed by atoms with van der Waals surface area (Å²) in [4.78, 5) is 0. The molecule has 0 saturated carbocycles. The molecule has 0 N–H and O–H groups in total. The molecule has 0 aliphatic heterocycles. The normalized spacial score (nSPS) is 11.3. The van der Waals surface area contributed by atoms with Crippen LogP contribution in [0, 0.1) is 6.92 Å². The average Bonchev–Trinajstić information content (AvgIpc) is 3.12. The Balaban J connectivity index is 1.86. The summed E-state index contributed by atoms with van der Waals surface area (Å²) in [7, 11) is 0. The number of nitrogens with zero attached hydrogens (tertiary/aromatic N) is 3. The van der Waals surface area contributed by atoms with Crippen LogP contribution in [-0.2, 0) is 5.75 Å². The van der Waals surface area contributed by atoms with Gasteiger partial charge in [-0.3, -0.25) is 4.57 Å². The lowest BCUT2D eigenvalue weighted by Gasteiger charge is -2.13. The highest BCUT2D eigenvalue weighted by Crippen LogP contribution is 2.31. The molecule has 0 fully saturated rings. The van der Waals surface area contributed by atoms with E-state index in [2.05, 4.69) is 28.6 Å². The fourth-order valence-electron chi connectivity index (χ4n) is 2.37. The van der Waals surface area contributed by atoms with Gasteiger partial charge in [0.2, 0.25) is 0 Å². The molecule has 2 aromatic heterocycles. The van der Waals surface area contributed by atoms with Crippen molar-refractivity contribution in [3.8, 4) is 11.4 Å². The van der Waals surface area contributed by atoms with Gasteiger partial charge in [0, 0.05) is 16.8 Å². The Morgan fingerprint density at radius 1 is 1.17 bits per heavy atom. The lowest BCUT2D eigenvalue weighted by molar-refractivity contribution is 0.531. The van der Waals surface area contributed by atoms with Gasteiger partial charge in [0.15, 0.2) is 11.0 Å². The molecular weight excluding hydrogens is 330 g/mol. The Bertz CT molecular complexity index is 793. The van der Waals surface area contributed by atoms with Crippen LogP contribution in [0.5, 0.6) is 0 Å². The third-order valence-electron chi connectivity index (χ3n) is 3.56. The maximum atomic E-state index is 5.93. The predicted octanol–water partition coefficient (Wildman–Crippen LogP) is 5.37. The molecule has 4 nitrogen and oxygen atoms in total. The fourth-order valence-corrected chi connectivity index (χ4v) is 3.52. The number of halogens is 1. The quantitative estimate of drug-likeness (QED) is 0.582. The van der Waals surface area contributed by atoms with Crippen LogP contribution >= 0.6 is 23.4 Å². The number of aromatic nitrogens is 3. The van der Waals surface area contributed by atoms with Gasteiger partial charge in [0.1, 0.15) is 5.76 Å². The Hall–Kier alpha value is -1.72. The van der Waals surface area contributed by atoms with Gasteiger partial charge in [-0.2, -0.15) is 0 Å². The number of benzene rings is 1. The maximum Gasteiger partial charge on any atom is 0.192 e. The Morgan fingerprint density at radius 2 is 1.91 bits per heavy atom. The summed E-state index contributed by atoms with van der Waals surface area (Å²) >= 11 is 7.60. The highest BCUT2D eigenvalue weighted by Gasteiger charge is 2.19. The maximum absolute atomic E-state index is 5.93. The van der Waals surface area contributed by atoms with Crippen molar-refractivity contribution < 1.29 is 4.42 Å². The summed E-state index contributed by atoms with van der Waals surface area (Å²) < 4.78 is 7.55. The molecule has 0 saturated heterocycles. The minimum absolute atomic E-state index is 0.266. The van der Waals surface area contributed by atoms with Gasteiger partial charge in [0.25, 0.3) is 0 Å². The summed E-state index contributed by atoms with van der Waals surface area (Å²) in [6, 6.07) is 10.1. The van der Waals surface area contributed by atoms with Crippen molar-refractivity contribution in [1.82, 2.24) is 14.8 Å². The molecule has 1 aromatic carbocycles. The highest BCUT2D eigenvalue weighted by atomic mass is 35.5. The van der Waals surface area contributed by atoms with E-state index < -0.39 is 0 Å². The summed E-state index contributed by atoms with van der Waals surface area (Å²) in [5.74, 6) is 2.53. The molecule has 6 heteroatoms. The van der Waals surface area contributed by atoms with Crippen molar-refractivity contribution in [2.45, 2.75) is 37.7 Å². The number of thioether (sulfide) groups is 1. The first-order valence-electron chi connectivity index (χ1n) is 7.43. The van der Waals surface area contributed by atoms with Gasteiger partial charge in [-0.1, -0.05) is 35.5 Å². The van der Waals surface area contributed by atoms with Gasteiger partial charge < -0.3 is 4.42 Å². The van der Waals surface area contributed by atoms with Gasteiger partial charge in [0.05, 0.1) is 11.8 Å². The fraction of sp³-hybridized carbons (Fsp3) is 0.294. The van der Waals surface area contributed by atoms with E-state index in [0.29, 0.717) is 0 Å². The van der Waals surface area contributed by atoms with Crippen LogP contribution < -0.4 is 0 Å². The Morgan fingerprint density at radius 3 is 2.52 bits per heavy atom. The zero-order valence-corrected chi connectivity index (χ0v) is 14.9. The standard InChI is InChI=1S/C17H18ClN3OS/c1-11(2)21-16(15-8-9-22-12(15)3)19-20-17(21)23-10-13-4-6-14(18)7-5-13/h4-9,11H,10H2,1-3H3. The minimum Gasteiger partial charge on any atom is -0.469 e. The Kier molecular flexibility index (Phi) is 4.78. The second kappa shape index (κ2) is 6.81. The van der Waals surface area contributed by atoms with E-state index >= 15 is 0 Å². The third-order valence-corrected chi connectivity index (χ3v) is 4.83. The van der Waals surface area contributed by atoms with E-state index in [-0.39, 0.29) is 6.04 Å². The molecule has 0 aliphatic carbocycles. The molecule has 120 valence electrons. The molecule has 3 aromatic rings. The lowest BCUT2D eigenvalue weighted by Crippen LogP contribution is -2.05. The molecule has 3 rings (SSSR count). The molecule has 2 heterocycles. The van der Waals surface area contributed by atoms with E-state index in [1.165, 1.54) is 5.56 Å². The zero-order valence-electron chi connectivity index (χ0n) is 13.3. The summed E-state index contributed by atoms with van der Waals surface area (Å²) in [5, 5.41) is 10.4. The van der Waals surface area contributed by atoms with Crippen molar-refractivity contribution >= 4 is 23.4 Å². The van der Waals surface area contributed by atoms with Gasteiger partial charge in [-0.15, -0.1) is 10.2 Å². The van der Waals surface area contributed by atoms with Gasteiger partial charge in [-0.25, -0.2) is 0 Å². The number of rotatable bonds is 5. The largest absolute Gasteiger partial charge is 0.469 e. The average molecular weight is 348 g/mol. The molecule has 0 amide bonds. The first-order chi connectivity index (χ1) is 11.1.